The smallest absolute Gasteiger partial charge is 0.277 e. The molecular weight excluding hydrogens is 357 g/mol. The summed E-state index contributed by atoms with van der Waals surface area (Å²) < 4.78 is 5.24. The van der Waals surface area contributed by atoms with Crippen LogP contribution in [0, 0.1) is 10.1 Å². The van der Waals surface area contributed by atoms with Crippen molar-refractivity contribution in [1.82, 2.24) is 5.43 Å². The van der Waals surface area contributed by atoms with Gasteiger partial charge in [0.05, 0.1) is 16.2 Å². The Bertz CT molecular complexity index is 796. The SMILES string of the molecule is O=C(COc1ccccc1Cl)N/N=C\c1cc([N+](=O)[O-])ccc1Cl. The highest BCUT2D eigenvalue weighted by molar-refractivity contribution is 6.33. The number of nitrogens with one attached hydrogen (secondary N) is 1. The van der Waals surface area contributed by atoms with Crippen molar-refractivity contribution < 1.29 is 14.5 Å². The van der Waals surface area contributed by atoms with Crippen LogP contribution in [0.1, 0.15) is 5.56 Å². The molecule has 1 amide bonds. The topological polar surface area (TPSA) is 93.8 Å². The van der Waals surface area contributed by atoms with Gasteiger partial charge in [-0.15, -0.1) is 0 Å². The van der Waals surface area contributed by atoms with Crippen LogP contribution < -0.4 is 10.2 Å². The van der Waals surface area contributed by atoms with Gasteiger partial charge in [0, 0.05) is 22.7 Å². The van der Waals surface area contributed by atoms with Crippen molar-refractivity contribution in [3.05, 3.63) is 68.2 Å². The number of non-ortho nitro benzene ring substituents is 1. The first-order chi connectivity index (χ1) is 11.5. The van der Waals surface area contributed by atoms with E-state index in [1.807, 2.05) is 0 Å². The molecule has 2 rings (SSSR count). The maximum atomic E-state index is 11.6. The normalized spacial score (nSPS) is 10.6. The molecule has 0 saturated carbocycles. The molecule has 0 unspecified atom stereocenters. The number of nitrogens with zero attached hydrogens (tertiary/aromatic N) is 2. The number of hydrogen-bond acceptors (Lipinski definition) is 5. The Morgan fingerprint density at radius 2 is 2.00 bits per heavy atom. The van der Waals surface area contributed by atoms with Gasteiger partial charge in [0.15, 0.2) is 6.61 Å². The van der Waals surface area contributed by atoms with Gasteiger partial charge in [-0.3, -0.25) is 14.9 Å². The van der Waals surface area contributed by atoms with E-state index in [0.29, 0.717) is 16.3 Å². The molecule has 1 N–H and O–H groups in total. The number of carbonyl (C=O) groups is 1. The number of hydrazone groups is 1. The van der Waals surface area contributed by atoms with Crippen LogP contribution in [0.15, 0.2) is 47.6 Å². The lowest BCUT2D eigenvalue weighted by atomic mass is 10.2. The molecule has 0 aliphatic rings. The van der Waals surface area contributed by atoms with E-state index in [-0.39, 0.29) is 17.3 Å². The number of ether oxygens (including phenoxy) is 1. The fourth-order valence-electron chi connectivity index (χ4n) is 1.65. The van der Waals surface area contributed by atoms with Crippen molar-refractivity contribution in [2.24, 2.45) is 5.10 Å². The Kier molecular flexibility index (Phi) is 6.11. The Morgan fingerprint density at radius 3 is 2.71 bits per heavy atom. The maximum absolute atomic E-state index is 11.6. The summed E-state index contributed by atoms with van der Waals surface area (Å²) in [7, 11) is 0. The second kappa shape index (κ2) is 8.28. The lowest BCUT2D eigenvalue weighted by Crippen LogP contribution is -2.24. The summed E-state index contributed by atoms with van der Waals surface area (Å²) in [5, 5.41) is 15.1. The summed E-state index contributed by atoms with van der Waals surface area (Å²) in [6.45, 7) is -0.288. The maximum Gasteiger partial charge on any atom is 0.277 e. The molecule has 0 atom stereocenters. The number of rotatable bonds is 6. The van der Waals surface area contributed by atoms with E-state index in [4.69, 9.17) is 27.9 Å². The van der Waals surface area contributed by atoms with Crippen LogP contribution in [-0.4, -0.2) is 23.7 Å². The predicted octanol–water partition coefficient (Wildman–Crippen LogP) is 3.43. The van der Waals surface area contributed by atoms with Gasteiger partial charge in [0.1, 0.15) is 5.75 Å². The number of nitro groups is 1. The monoisotopic (exact) mass is 367 g/mol. The molecule has 24 heavy (non-hydrogen) atoms. The zero-order valence-corrected chi connectivity index (χ0v) is 13.6. The molecule has 7 nitrogen and oxygen atoms in total. The molecular formula is C15H11Cl2N3O4. The number of carbonyl (C=O) groups excluding carboxylic acids is 1. The predicted molar refractivity (Wildman–Crippen MR) is 90.8 cm³/mol. The lowest BCUT2D eigenvalue weighted by molar-refractivity contribution is -0.384. The molecule has 124 valence electrons. The van der Waals surface area contributed by atoms with Crippen LogP contribution in [-0.2, 0) is 4.79 Å². The molecule has 9 heteroatoms. The summed E-state index contributed by atoms with van der Waals surface area (Å²) in [5.74, 6) is -0.146. The molecule has 2 aromatic carbocycles. The molecule has 0 aliphatic carbocycles. The van der Waals surface area contributed by atoms with Gasteiger partial charge >= 0.3 is 0 Å². The van der Waals surface area contributed by atoms with Crippen LogP contribution in [0.25, 0.3) is 0 Å². The van der Waals surface area contributed by atoms with Crippen molar-refractivity contribution >= 4 is 41.0 Å². The number of hydrogen-bond donors (Lipinski definition) is 1. The summed E-state index contributed by atoms with van der Waals surface area (Å²) in [6.07, 6.45) is 1.21. The van der Waals surface area contributed by atoms with E-state index in [0.717, 1.165) is 0 Å². The molecule has 0 aliphatic heterocycles. The Morgan fingerprint density at radius 1 is 1.25 bits per heavy atom. The van der Waals surface area contributed by atoms with Gasteiger partial charge in [0.2, 0.25) is 0 Å². The zero-order chi connectivity index (χ0) is 17.5. The number of nitro benzene ring substituents is 1. The van der Waals surface area contributed by atoms with Gasteiger partial charge < -0.3 is 4.74 Å². The van der Waals surface area contributed by atoms with Gasteiger partial charge in [-0.25, -0.2) is 5.43 Å². The third-order valence-corrected chi connectivity index (χ3v) is 3.44. The average Bonchev–Trinajstić information content (AvgIpc) is 2.55. The number of halogens is 2. The molecule has 0 radical (unpaired) electrons. The lowest BCUT2D eigenvalue weighted by Gasteiger charge is -2.06. The molecule has 2 aromatic rings. The van der Waals surface area contributed by atoms with E-state index in [9.17, 15) is 14.9 Å². The fraction of sp³-hybridized carbons (Fsp3) is 0.0667. The van der Waals surface area contributed by atoms with Crippen molar-refractivity contribution in [2.75, 3.05) is 6.61 Å². The average molecular weight is 368 g/mol. The highest BCUT2D eigenvalue weighted by atomic mass is 35.5. The quantitative estimate of drug-likeness (QED) is 0.480. The van der Waals surface area contributed by atoms with E-state index >= 15 is 0 Å². The number of benzene rings is 2. The molecule has 0 saturated heterocycles. The van der Waals surface area contributed by atoms with Gasteiger partial charge in [-0.05, 0) is 18.2 Å². The van der Waals surface area contributed by atoms with Crippen molar-refractivity contribution in [3.8, 4) is 5.75 Å². The Hall–Kier alpha value is -2.64. The minimum absolute atomic E-state index is 0.130. The highest BCUT2D eigenvalue weighted by Gasteiger charge is 2.08. The van der Waals surface area contributed by atoms with Crippen LogP contribution in [0.5, 0.6) is 5.75 Å². The summed E-state index contributed by atoms with van der Waals surface area (Å²) in [4.78, 5) is 21.8. The van der Waals surface area contributed by atoms with E-state index in [1.165, 1.54) is 24.4 Å². The number of amides is 1. The first-order valence-corrected chi connectivity index (χ1v) is 7.36. The molecule has 0 heterocycles. The van der Waals surface area contributed by atoms with Crippen molar-refractivity contribution in [2.45, 2.75) is 0 Å². The van der Waals surface area contributed by atoms with Crippen molar-refractivity contribution in [1.29, 1.82) is 0 Å². The molecule has 0 fully saturated rings. The van der Waals surface area contributed by atoms with Crippen LogP contribution >= 0.6 is 23.2 Å². The second-order valence-electron chi connectivity index (χ2n) is 4.48. The minimum atomic E-state index is -0.552. The third kappa shape index (κ3) is 4.94. The van der Waals surface area contributed by atoms with E-state index in [1.54, 1.807) is 24.3 Å². The van der Waals surface area contributed by atoms with Crippen LogP contribution in [0.4, 0.5) is 5.69 Å². The first kappa shape index (κ1) is 17.7. The highest BCUT2D eigenvalue weighted by Crippen LogP contribution is 2.23. The summed E-state index contributed by atoms with van der Waals surface area (Å²) in [5.41, 5.74) is 2.40. The first-order valence-electron chi connectivity index (χ1n) is 6.60. The van der Waals surface area contributed by atoms with Gasteiger partial charge in [0.25, 0.3) is 11.6 Å². The molecule has 0 spiro atoms. The second-order valence-corrected chi connectivity index (χ2v) is 5.29. The Labute approximate surface area is 147 Å². The van der Waals surface area contributed by atoms with E-state index < -0.39 is 10.8 Å². The largest absolute Gasteiger partial charge is 0.482 e. The van der Waals surface area contributed by atoms with Crippen LogP contribution in [0.2, 0.25) is 10.0 Å². The van der Waals surface area contributed by atoms with Crippen molar-refractivity contribution in [3.63, 3.8) is 0 Å². The standard InChI is InChI=1S/C15H11Cl2N3O4/c16-12-6-5-11(20(22)23)7-10(12)8-18-19-15(21)9-24-14-4-2-1-3-13(14)17/h1-8H,9H2,(H,19,21)/b18-8-. The number of para-hydroxylation sites is 1. The molecule has 0 bridgehead atoms. The summed E-state index contributed by atoms with van der Waals surface area (Å²) in [6, 6.07) is 10.6. The van der Waals surface area contributed by atoms with E-state index in [2.05, 4.69) is 10.5 Å². The van der Waals surface area contributed by atoms with Gasteiger partial charge in [-0.2, -0.15) is 5.10 Å². The van der Waals surface area contributed by atoms with Gasteiger partial charge in [-0.1, -0.05) is 35.3 Å². The van der Waals surface area contributed by atoms with Crippen LogP contribution in [0.3, 0.4) is 0 Å². The zero-order valence-electron chi connectivity index (χ0n) is 12.1. The fourth-order valence-corrected chi connectivity index (χ4v) is 2.01. The third-order valence-electron chi connectivity index (χ3n) is 2.78. The minimum Gasteiger partial charge on any atom is -0.482 e. The Balaban J connectivity index is 1.92. The summed E-state index contributed by atoms with van der Waals surface area (Å²) >= 11 is 11.8. The molecule has 0 aromatic heterocycles.